The molecule has 2 aromatic rings. The van der Waals surface area contributed by atoms with E-state index < -0.39 is 55.9 Å². The Bertz CT molecular complexity index is 1170. The molecule has 1 aromatic carbocycles. The first-order valence-corrected chi connectivity index (χ1v) is 11.9. The maximum Gasteiger partial charge on any atom is 0.459 e. The summed E-state index contributed by atoms with van der Waals surface area (Å²) < 4.78 is 54.6. The maximum absolute atomic E-state index is 13.4. The Morgan fingerprint density at radius 2 is 2.06 bits per heavy atom. The summed E-state index contributed by atoms with van der Waals surface area (Å²) in [5, 5.41) is 2.47. The number of rotatable bonds is 10. The Balaban J connectivity index is 1.70. The fourth-order valence-corrected chi connectivity index (χ4v) is 4.39. The molecular weight excluding hydrogens is 476 g/mol. The number of ether oxygens (including phenoxy) is 3. The minimum Gasteiger partial charge on any atom is -0.465 e. The SMILES string of the molecule is CCOC(=O)C(C)NP(=O)(OC[C@@H]1OC[C@H](n2cc(C)c(=O)[nH]c2=O)O1)Oc1ccc(F)cc1. The Hall–Kier alpha value is -2.83. The molecule has 0 spiro atoms. The second kappa shape index (κ2) is 11.1. The number of nitrogens with one attached hydrogen (secondary N) is 2. The summed E-state index contributed by atoms with van der Waals surface area (Å²) in [5.74, 6) is -1.19. The molecule has 186 valence electrons. The van der Waals surface area contributed by atoms with E-state index in [9.17, 15) is 23.3 Å². The van der Waals surface area contributed by atoms with Gasteiger partial charge in [0.15, 0.2) is 12.5 Å². The van der Waals surface area contributed by atoms with Crippen molar-refractivity contribution in [1.29, 1.82) is 0 Å². The van der Waals surface area contributed by atoms with Crippen molar-refractivity contribution in [3.05, 3.63) is 62.7 Å². The molecule has 2 heterocycles. The van der Waals surface area contributed by atoms with Gasteiger partial charge in [0.05, 0.1) is 13.2 Å². The summed E-state index contributed by atoms with van der Waals surface area (Å²) in [7, 11) is -4.21. The van der Waals surface area contributed by atoms with Crippen LogP contribution in [0.4, 0.5) is 4.39 Å². The zero-order chi connectivity index (χ0) is 24.9. The molecule has 1 aliphatic heterocycles. The Labute approximate surface area is 193 Å². The van der Waals surface area contributed by atoms with E-state index in [0.717, 1.165) is 16.7 Å². The lowest BCUT2D eigenvalue weighted by Gasteiger charge is -2.23. The molecule has 0 aliphatic carbocycles. The van der Waals surface area contributed by atoms with Crippen LogP contribution in [0.15, 0.2) is 40.1 Å². The van der Waals surface area contributed by atoms with Crippen molar-refractivity contribution in [1.82, 2.24) is 14.6 Å². The number of carbonyl (C=O) groups excluding carboxylic acids is 1. The summed E-state index contributed by atoms with van der Waals surface area (Å²) in [4.78, 5) is 37.8. The number of aromatic nitrogens is 2. The van der Waals surface area contributed by atoms with Gasteiger partial charge in [-0.3, -0.25) is 23.7 Å². The first-order chi connectivity index (χ1) is 16.1. The summed E-state index contributed by atoms with van der Waals surface area (Å²) in [6.07, 6.45) is -0.571. The molecule has 1 fully saturated rings. The highest BCUT2D eigenvalue weighted by molar-refractivity contribution is 7.52. The Morgan fingerprint density at radius 3 is 2.74 bits per heavy atom. The molecule has 0 radical (unpaired) electrons. The quantitative estimate of drug-likeness (QED) is 0.363. The number of aromatic amines is 1. The molecule has 2 N–H and O–H groups in total. The van der Waals surface area contributed by atoms with Crippen LogP contribution in [0.3, 0.4) is 0 Å². The molecule has 4 atom stereocenters. The van der Waals surface area contributed by atoms with Crippen molar-refractivity contribution < 1.29 is 37.0 Å². The molecule has 1 saturated heterocycles. The average molecular weight is 501 g/mol. The third-order valence-corrected chi connectivity index (χ3v) is 6.25. The molecule has 1 aliphatic rings. The largest absolute Gasteiger partial charge is 0.465 e. The van der Waals surface area contributed by atoms with Crippen LogP contribution in [0.5, 0.6) is 5.75 Å². The molecule has 14 heteroatoms. The predicted octanol–water partition coefficient (Wildman–Crippen LogP) is 1.60. The van der Waals surface area contributed by atoms with Gasteiger partial charge in [-0.2, -0.15) is 5.09 Å². The van der Waals surface area contributed by atoms with Gasteiger partial charge in [0, 0.05) is 11.8 Å². The number of esters is 1. The molecule has 0 bridgehead atoms. The van der Waals surface area contributed by atoms with E-state index in [0.29, 0.717) is 5.56 Å². The van der Waals surface area contributed by atoms with E-state index in [4.69, 9.17) is 23.3 Å². The molecular formula is C20H25FN3O9P. The van der Waals surface area contributed by atoms with Crippen molar-refractivity contribution in [2.75, 3.05) is 19.8 Å². The lowest BCUT2D eigenvalue weighted by atomic mass is 10.3. The number of H-pyrrole nitrogens is 1. The Morgan fingerprint density at radius 1 is 1.35 bits per heavy atom. The van der Waals surface area contributed by atoms with Crippen LogP contribution >= 0.6 is 7.75 Å². The first kappa shape index (κ1) is 25.8. The molecule has 2 unspecified atom stereocenters. The number of benzene rings is 1. The predicted molar refractivity (Wildman–Crippen MR) is 116 cm³/mol. The van der Waals surface area contributed by atoms with E-state index >= 15 is 0 Å². The van der Waals surface area contributed by atoms with Crippen molar-refractivity contribution in [3.8, 4) is 5.75 Å². The lowest BCUT2D eigenvalue weighted by Crippen LogP contribution is -2.36. The average Bonchev–Trinajstić information content (AvgIpc) is 3.25. The van der Waals surface area contributed by atoms with Crippen LogP contribution in [-0.2, 0) is 28.1 Å². The van der Waals surface area contributed by atoms with Gasteiger partial charge in [-0.05, 0) is 45.0 Å². The van der Waals surface area contributed by atoms with E-state index in [2.05, 4.69) is 10.1 Å². The normalized spacial score (nSPS) is 20.5. The van der Waals surface area contributed by atoms with Gasteiger partial charge in [0.1, 0.15) is 24.2 Å². The van der Waals surface area contributed by atoms with Crippen molar-refractivity contribution in [2.45, 2.75) is 39.3 Å². The van der Waals surface area contributed by atoms with Crippen LogP contribution in [0.2, 0.25) is 0 Å². The van der Waals surface area contributed by atoms with E-state index in [-0.39, 0.29) is 19.0 Å². The second-order valence-corrected chi connectivity index (χ2v) is 8.97. The number of nitrogens with zero attached hydrogens (tertiary/aromatic N) is 1. The molecule has 1 aromatic heterocycles. The van der Waals surface area contributed by atoms with E-state index in [1.165, 1.54) is 32.2 Å². The van der Waals surface area contributed by atoms with Gasteiger partial charge in [-0.25, -0.2) is 13.8 Å². The maximum atomic E-state index is 13.4. The highest BCUT2D eigenvalue weighted by atomic mass is 31.2. The number of halogens is 1. The standard InChI is InChI=1S/C20H25FN3O9P/c1-4-29-19(26)13(3)23-34(28,33-15-7-5-14(21)6-8-15)31-11-17-30-10-16(32-17)24-9-12(2)18(25)22-20(24)27/h5-9,13,16-17H,4,10-11H2,1-3H3,(H,23,28)(H,22,25,27)/t13?,16-,17-,34?/m1/s1. The van der Waals surface area contributed by atoms with E-state index in [1.807, 2.05) is 0 Å². The topological polar surface area (TPSA) is 147 Å². The number of hydrogen-bond donors (Lipinski definition) is 2. The second-order valence-electron chi connectivity index (χ2n) is 7.27. The highest BCUT2D eigenvalue weighted by Gasteiger charge is 2.36. The van der Waals surface area contributed by atoms with Gasteiger partial charge in [-0.1, -0.05) is 0 Å². The summed E-state index contributed by atoms with van der Waals surface area (Å²) >= 11 is 0. The third-order valence-electron chi connectivity index (χ3n) is 4.60. The van der Waals surface area contributed by atoms with E-state index in [1.54, 1.807) is 6.92 Å². The smallest absolute Gasteiger partial charge is 0.459 e. The summed E-state index contributed by atoms with van der Waals surface area (Å²) in [5.41, 5.74) is -0.890. The van der Waals surface area contributed by atoms with Gasteiger partial charge in [0.25, 0.3) is 5.56 Å². The number of hydrogen-bond acceptors (Lipinski definition) is 9. The minimum absolute atomic E-state index is 0.0229. The van der Waals surface area contributed by atoms with Crippen LogP contribution in [0.1, 0.15) is 25.6 Å². The zero-order valence-electron chi connectivity index (χ0n) is 18.7. The monoisotopic (exact) mass is 501 g/mol. The van der Waals surface area contributed by atoms with Gasteiger partial charge >= 0.3 is 19.4 Å². The number of carbonyl (C=O) groups is 1. The highest BCUT2D eigenvalue weighted by Crippen LogP contribution is 2.45. The van der Waals surface area contributed by atoms with Crippen molar-refractivity contribution in [3.63, 3.8) is 0 Å². The van der Waals surface area contributed by atoms with Gasteiger partial charge in [-0.15, -0.1) is 0 Å². The summed E-state index contributed by atoms with van der Waals surface area (Å²) in [6, 6.07) is 3.63. The molecule has 3 rings (SSSR count). The molecule has 0 amide bonds. The summed E-state index contributed by atoms with van der Waals surface area (Å²) in [6.45, 7) is 4.22. The van der Waals surface area contributed by atoms with Crippen molar-refractivity contribution in [2.24, 2.45) is 0 Å². The fraction of sp³-hybridized carbons (Fsp3) is 0.450. The zero-order valence-corrected chi connectivity index (χ0v) is 19.6. The Kier molecular flexibility index (Phi) is 8.39. The van der Waals surface area contributed by atoms with Crippen LogP contribution in [0.25, 0.3) is 0 Å². The molecule has 0 saturated carbocycles. The number of aryl methyl sites for hydroxylation is 1. The van der Waals surface area contributed by atoms with Gasteiger partial charge < -0.3 is 18.7 Å². The van der Waals surface area contributed by atoms with Crippen LogP contribution < -0.4 is 20.9 Å². The first-order valence-electron chi connectivity index (χ1n) is 10.3. The van der Waals surface area contributed by atoms with Crippen molar-refractivity contribution >= 4 is 13.7 Å². The van der Waals surface area contributed by atoms with Crippen LogP contribution in [-0.4, -0.2) is 47.7 Å². The minimum atomic E-state index is -4.21. The third kappa shape index (κ3) is 6.61. The van der Waals surface area contributed by atoms with Crippen LogP contribution in [0, 0.1) is 12.7 Å². The van der Waals surface area contributed by atoms with Gasteiger partial charge in [0.2, 0.25) is 0 Å². The lowest BCUT2D eigenvalue weighted by molar-refractivity contribution is -0.144. The fourth-order valence-electron chi connectivity index (χ4n) is 2.92. The molecule has 12 nitrogen and oxygen atoms in total. The molecule has 34 heavy (non-hydrogen) atoms.